The van der Waals surface area contributed by atoms with Crippen LogP contribution in [-0.4, -0.2) is 28.0 Å². The third-order valence-corrected chi connectivity index (χ3v) is 4.15. The molecule has 0 saturated heterocycles. The van der Waals surface area contributed by atoms with Crippen LogP contribution in [-0.2, 0) is 13.0 Å². The topological polar surface area (TPSA) is 49.0 Å². The number of rotatable bonds is 3. The van der Waals surface area contributed by atoms with Gasteiger partial charge in [0.15, 0.2) is 0 Å². The molecule has 0 amide bonds. The highest BCUT2D eigenvalue weighted by atomic mass is 35.5. The van der Waals surface area contributed by atoms with Gasteiger partial charge in [-0.05, 0) is 36.6 Å². The van der Waals surface area contributed by atoms with Gasteiger partial charge in [-0.1, -0.05) is 25.4 Å². The van der Waals surface area contributed by atoms with E-state index in [0.717, 1.165) is 42.9 Å². The minimum atomic E-state index is -0.0147. The third-order valence-electron chi connectivity index (χ3n) is 3.89. The Kier molecular flexibility index (Phi) is 4.32. The first-order valence-corrected chi connectivity index (χ1v) is 8.01. The number of nitrogens with zero attached hydrogens (tertiary/aromatic N) is 2. The molecule has 0 atom stereocenters. The zero-order chi connectivity index (χ0) is 15.7. The molecule has 1 aromatic heterocycles. The van der Waals surface area contributed by atoms with Crippen molar-refractivity contribution in [2.45, 2.75) is 26.8 Å². The molecule has 22 heavy (non-hydrogen) atoms. The third kappa shape index (κ3) is 3.23. The van der Waals surface area contributed by atoms with Crippen molar-refractivity contribution in [2.24, 2.45) is 5.92 Å². The summed E-state index contributed by atoms with van der Waals surface area (Å²) in [5, 5.41) is 0.673. The number of benzene rings is 1. The van der Waals surface area contributed by atoms with Gasteiger partial charge in [0.1, 0.15) is 5.82 Å². The molecule has 3 rings (SSSR count). The summed E-state index contributed by atoms with van der Waals surface area (Å²) in [6.07, 6.45) is 0.769. The molecule has 4 nitrogen and oxygen atoms in total. The maximum absolute atomic E-state index is 12.3. The van der Waals surface area contributed by atoms with E-state index in [1.165, 1.54) is 0 Å². The molecule has 0 aliphatic carbocycles. The van der Waals surface area contributed by atoms with Gasteiger partial charge >= 0.3 is 0 Å². The van der Waals surface area contributed by atoms with Crippen LogP contribution in [0, 0.1) is 5.92 Å². The van der Waals surface area contributed by atoms with E-state index in [2.05, 4.69) is 23.7 Å². The average Bonchev–Trinajstić information content (AvgIpc) is 2.47. The number of H-pyrrole nitrogens is 1. The van der Waals surface area contributed by atoms with E-state index < -0.39 is 0 Å². The average molecular weight is 318 g/mol. The number of halogens is 1. The van der Waals surface area contributed by atoms with E-state index in [1.807, 2.05) is 12.1 Å². The van der Waals surface area contributed by atoms with E-state index >= 15 is 0 Å². The van der Waals surface area contributed by atoms with E-state index in [-0.39, 0.29) is 5.56 Å². The zero-order valence-corrected chi connectivity index (χ0v) is 13.7. The second-order valence-electron chi connectivity index (χ2n) is 6.23. The lowest BCUT2D eigenvalue weighted by Gasteiger charge is -2.29. The highest BCUT2D eigenvalue weighted by molar-refractivity contribution is 6.30. The molecule has 2 heterocycles. The zero-order valence-electron chi connectivity index (χ0n) is 12.9. The van der Waals surface area contributed by atoms with Crippen molar-refractivity contribution in [1.29, 1.82) is 0 Å². The molecule has 2 aromatic rings. The monoisotopic (exact) mass is 317 g/mol. The first kappa shape index (κ1) is 15.3. The predicted octanol–water partition coefficient (Wildman–Crippen LogP) is 3.10. The van der Waals surface area contributed by atoms with E-state index in [0.29, 0.717) is 16.8 Å². The fraction of sp³-hybridized carbons (Fsp3) is 0.412. The van der Waals surface area contributed by atoms with E-state index in [1.54, 1.807) is 12.1 Å². The van der Waals surface area contributed by atoms with Gasteiger partial charge < -0.3 is 4.98 Å². The number of hydrogen-bond donors (Lipinski definition) is 1. The number of hydrogen-bond acceptors (Lipinski definition) is 3. The minimum Gasteiger partial charge on any atom is -0.306 e. The maximum atomic E-state index is 12.3. The Hall–Kier alpha value is -1.65. The molecule has 0 spiro atoms. The highest BCUT2D eigenvalue weighted by Gasteiger charge is 2.21. The van der Waals surface area contributed by atoms with Crippen LogP contribution in [0.4, 0.5) is 0 Å². The SMILES string of the molecule is CC(C)CN1CCc2c(nc(-c3ccc(Cl)cc3)[nH]c2=O)C1. The summed E-state index contributed by atoms with van der Waals surface area (Å²) in [6.45, 7) is 7.12. The Bertz CT molecular complexity index is 722. The van der Waals surface area contributed by atoms with Crippen molar-refractivity contribution in [3.8, 4) is 11.4 Å². The molecule has 1 N–H and O–H groups in total. The Morgan fingerprint density at radius 1 is 1.32 bits per heavy atom. The van der Waals surface area contributed by atoms with Gasteiger partial charge in [-0.15, -0.1) is 0 Å². The first-order chi connectivity index (χ1) is 10.5. The quantitative estimate of drug-likeness (QED) is 0.946. The van der Waals surface area contributed by atoms with Crippen LogP contribution in [0.5, 0.6) is 0 Å². The maximum Gasteiger partial charge on any atom is 0.254 e. The fourth-order valence-corrected chi connectivity index (χ4v) is 3.04. The molecular weight excluding hydrogens is 298 g/mol. The lowest BCUT2D eigenvalue weighted by Crippen LogP contribution is -2.37. The van der Waals surface area contributed by atoms with Gasteiger partial charge in [0, 0.05) is 35.8 Å². The number of nitrogens with one attached hydrogen (secondary N) is 1. The normalized spacial score (nSPS) is 15.1. The summed E-state index contributed by atoms with van der Waals surface area (Å²) in [4.78, 5) is 22.3. The Labute approximate surface area is 135 Å². The molecule has 0 radical (unpaired) electrons. The second kappa shape index (κ2) is 6.23. The van der Waals surface area contributed by atoms with E-state index in [4.69, 9.17) is 16.6 Å². The summed E-state index contributed by atoms with van der Waals surface area (Å²) in [5.41, 5.74) is 2.60. The Morgan fingerprint density at radius 2 is 2.05 bits per heavy atom. The predicted molar refractivity (Wildman–Crippen MR) is 89.1 cm³/mol. The van der Waals surface area contributed by atoms with Crippen LogP contribution in [0.25, 0.3) is 11.4 Å². The van der Waals surface area contributed by atoms with E-state index in [9.17, 15) is 4.79 Å². The van der Waals surface area contributed by atoms with Crippen LogP contribution >= 0.6 is 11.6 Å². The van der Waals surface area contributed by atoms with Crippen LogP contribution in [0.1, 0.15) is 25.1 Å². The van der Waals surface area contributed by atoms with Crippen LogP contribution in [0.15, 0.2) is 29.1 Å². The minimum absolute atomic E-state index is 0.0147. The van der Waals surface area contributed by atoms with Crippen molar-refractivity contribution in [3.05, 3.63) is 50.9 Å². The summed E-state index contributed by atoms with van der Waals surface area (Å²) in [5.74, 6) is 1.23. The smallest absolute Gasteiger partial charge is 0.254 e. The summed E-state index contributed by atoms with van der Waals surface area (Å²) in [6, 6.07) is 7.37. The largest absolute Gasteiger partial charge is 0.306 e. The molecule has 1 aromatic carbocycles. The summed E-state index contributed by atoms with van der Waals surface area (Å²) in [7, 11) is 0. The van der Waals surface area contributed by atoms with Crippen molar-refractivity contribution in [2.75, 3.05) is 13.1 Å². The van der Waals surface area contributed by atoms with Crippen molar-refractivity contribution < 1.29 is 0 Å². The van der Waals surface area contributed by atoms with Crippen molar-refractivity contribution >= 4 is 11.6 Å². The number of fused-ring (bicyclic) bond motifs is 1. The first-order valence-electron chi connectivity index (χ1n) is 7.63. The van der Waals surface area contributed by atoms with Gasteiger partial charge in [0.25, 0.3) is 5.56 Å². The second-order valence-corrected chi connectivity index (χ2v) is 6.66. The van der Waals surface area contributed by atoms with Crippen LogP contribution < -0.4 is 5.56 Å². The molecule has 1 aliphatic rings. The highest BCUT2D eigenvalue weighted by Crippen LogP contribution is 2.20. The molecule has 0 bridgehead atoms. The number of aromatic amines is 1. The van der Waals surface area contributed by atoms with Gasteiger partial charge in [-0.2, -0.15) is 0 Å². The molecule has 0 saturated carbocycles. The van der Waals surface area contributed by atoms with Crippen molar-refractivity contribution in [1.82, 2.24) is 14.9 Å². The molecule has 1 aliphatic heterocycles. The summed E-state index contributed by atoms with van der Waals surface area (Å²) >= 11 is 5.91. The Balaban J connectivity index is 1.94. The van der Waals surface area contributed by atoms with Gasteiger partial charge in [0.2, 0.25) is 0 Å². The van der Waals surface area contributed by atoms with Crippen LogP contribution in [0.2, 0.25) is 5.02 Å². The molecule has 0 fully saturated rings. The fourth-order valence-electron chi connectivity index (χ4n) is 2.91. The van der Waals surface area contributed by atoms with Crippen LogP contribution in [0.3, 0.4) is 0 Å². The number of aromatic nitrogens is 2. The standard InChI is InChI=1S/C17H20ClN3O/c1-11(2)9-21-8-7-14-15(10-21)19-16(20-17(14)22)12-3-5-13(18)6-4-12/h3-6,11H,7-10H2,1-2H3,(H,19,20,22). The lowest BCUT2D eigenvalue weighted by molar-refractivity contribution is 0.222. The van der Waals surface area contributed by atoms with Crippen molar-refractivity contribution in [3.63, 3.8) is 0 Å². The molecule has 0 unspecified atom stereocenters. The van der Waals surface area contributed by atoms with Gasteiger partial charge in [0.05, 0.1) is 5.69 Å². The summed E-state index contributed by atoms with van der Waals surface area (Å²) < 4.78 is 0. The van der Waals surface area contributed by atoms with Gasteiger partial charge in [-0.25, -0.2) is 4.98 Å². The molecule has 5 heteroatoms. The lowest BCUT2D eigenvalue weighted by atomic mass is 10.0. The molecule has 116 valence electrons. The van der Waals surface area contributed by atoms with Gasteiger partial charge in [-0.3, -0.25) is 9.69 Å². The molecular formula is C17H20ClN3O. The Morgan fingerprint density at radius 3 is 2.73 bits per heavy atom.